The highest BCUT2D eigenvalue weighted by Crippen LogP contribution is 2.19. The van der Waals surface area contributed by atoms with E-state index in [1.165, 1.54) is 18.2 Å². The first-order valence-corrected chi connectivity index (χ1v) is 7.75. The maximum atomic E-state index is 13.7. The third-order valence-corrected chi connectivity index (χ3v) is 3.93. The number of halogens is 2. The summed E-state index contributed by atoms with van der Waals surface area (Å²) in [5.74, 6) is -1.31. The van der Waals surface area contributed by atoms with E-state index in [0.29, 0.717) is 12.8 Å². The van der Waals surface area contributed by atoms with Crippen LogP contribution in [0.5, 0.6) is 0 Å². The Kier molecular flexibility index (Phi) is 5.74. The predicted molar refractivity (Wildman–Crippen MR) is 89.1 cm³/mol. The smallest absolute Gasteiger partial charge is 0.255 e. The van der Waals surface area contributed by atoms with Crippen LogP contribution in [0.3, 0.4) is 0 Å². The Hall–Kier alpha value is -1.91. The number of hydrogen-bond donors (Lipinski definition) is 2. The van der Waals surface area contributed by atoms with E-state index in [0.717, 1.165) is 5.56 Å². The molecule has 122 valence electrons. The Balaban J connectivity index is 1.92. The van der Waals surface area contributed by atoms with E-state index in [4.69, 9.17) is 11.6 Å². The van der Waals surface area contributed by atoms with Crippen LogP contribution >= 0.6 is 11.6 Å². The van der Waals surface area contributed by atoms with Gasteiger partial charge in [0.1, 0.15) is 5.82 Å². The molecular formula is C18H19ClFNO2. The van der Waals surface area contributed by atoms with Gasteiger partial charge in [0, 0.05) is 6.54 Å². The Labute approximate surface area is 140 Å². The van der Waals surface area contributed by atoms with Crippen molar-refractivity contribution in [2.24, 2.45) is 0 Å². The molecule has 3 nitrogen and oxygen atoms in total. The summed E-state index contributed by atoms with van der Waals surface area (Å²) in [5, 5.41) is 13.0. The number of aliphatic hydroxyl groups is 1. The van der Waals surface area contributed by atoms with Crippen molar-refractivity contribution >= 4 is 17.5 Å². The van der Waals surface area contributed by atoms with Crippen LogP contribution in [0.4, 0.5) is 4.39 Å². The van der Waals surface area contributed by atoms with Gasteiger partial charge in [0.2, 0.25) is 0 Å². The molecule has 2 aromatic carbocycles. The second-order valence-corrected chi connectivity index (χ2v) is 6.17. The molecule has 0 heterocycles. The van der Waals surface area contributed by atoms with Crippen molar-refractivity contribution in [1.29, 1.82) is 0 Å². The van der Waals surface area contributed by atoms with Gasteiger partial charge in [-0.25, -0.2) is 4.39 Å². The van der Waals surface area contributed by atoms with Gasteiger partial charge >= 0.3 is 0 Å². The van der Waals surface area contributed by atoms with Crippen LogP contribution in [0.2, 0.25) is 5.02 Å². The number of rotatable bonds is 6. The Morgan fingerprint density at radius 2 is 1.91 bits per heavy atom. The fourth-order valence-corrected chi connectivity index (χ4v) is 2.47. The largest absolute Gasteiger partial charge is 0.388 e. The standard InChI is InChI=1S/C18H19ClFNO2/c1-18(23,11-10-13-6-3-2-4-7-13)12-21-17(22)16-14(19)8-5-9-15(16)20/h2-9,23H,10-12H2,1H3,(H,21,22). The predicted octanol–water partition coefficient (Wildman–Crippen LogP) is 3.59. The maximum Gasteiger partial charge on any atom is 0.255 e. The van der Waals surface area contributed by atoms with Gasteiger partial charge in [-0.2, -0.15) is 0 Å². The summed E-state index contributed by atoms with van der Waals surface area (Å²) in [6.07, 6.45) is 1.16. The molecule has 0 saturated heterocycles. The normalized spacial score (nSPS) is 13.4. The number of carbonyl (C=O) groups excluding carboxylic acids is 1. The minimum atomic E-state index is -1.09. The van der Waals surface area contributed by atoms with Crippen molar-refractivity contribution in [3.05, 3.63) is 70.5 Å². The number of hydrogen-bond acceptors (Lipinski definition) is 2. The number of amides is 1. The fraction of sp³-hybridized carbons (Fsp3) is 0.278. The molecule has 0 saturated carbocycles. The molecular weight excluding hydrogens is 317 g/mol. The lowest BCUT2D eigenvalue weighted by atomic mass is 9.96. The SMILES string of the molecule is CC(O)(CCc1ccccc1)CNC(=O)c1c(F)cccc1Cl. The van der Waals surface area contributed by atoms with Crippen molar-refractivity contribution in [3.8, 4) is 0 Å². The average molecular weight is 336 g/mol. The molecule has 5 heteroatoms. The van der Waals surface area contributed by atoms with Gasteiger partial charge in [0.05, 0.1) is 16.2 Å². The van der Waals surface area contributed by atoms with Crippen LogP contribution in [0.15, 0.2) is 48.5 Å². The molecule has 0 radical (unpaired) electrons. The molecule has 0 aliphatic carbocycles. The molecule has 0 fully saturated rings. The first-order valence-electron chi connectivity index (χ1n) is 7.37. The topological polar surface area (TPSA) is 49.3 Å². The summed E-state index contributed by atoms with van der Waals surface area (Å²) in [4.78, 5) is 12.1. The maximum absolute atomic E-state index is 13.7. The summed E-state index contributed by atoms with van der Waals surface area (Å²) in [5.41, 5.74) is -0.187. The highest BCUT2D eigenvalue weighted by molar-refractivity contribution is 6.33. The molecule has 0 aliphatic rings. The second-order valence-electron chi connectivity index (χ2n) is 5.76. The zero-order valence-electron chi connectivity index (χ0n) is 12.9. The molecule has 0 bridgehead atoms. The molecule has 23 heavy (non-hydrogen) atoms. The van der Waals surface area contributed by atoms with Crippen molar-refractivity contribution in [2.75, 3.05) is 6.54 Å². The van der Waals surface area contributed by atoms with Gasteiger partial charge in [0.15, 0.2) is 0 Å². The lowest BCUT2D eigenvalue weighted by molar-refractivity contribution is 0.0477. The highest BCUT2D eigenvalue weighted by Gasteiger charge is 2.23. The summed E-state index contributed by atoms with van der Waals surface area (Å²) in [7, 11) is 0. The summed E-state index contributed by atoms with van der Waals surface area (Å²) in [6.45, 7) is 1.66. The third-order valence-electron chi connectivity index (χ3n) is 3.61. The molecule has 2 aromatic rings. The average Bonchev–Trinajstić information content (AvgIpc) is 2.52. The minimum absolute atomic E-state index is 0.0172. The molecule has 2 N–H and O–H groups in total. The summed E-state index contributed by atoms with van der Waals surface area (Å²) < 4.78 is 13.7. The lowest BCUT2D eigenvalue weighted by Crippen LogP contribution is -2.41. The number of carbonyl (C=O) groups is 1. The van der Waals surface area contributed by atoms with Crippen LogP contribution in [-0.2, 0) is 6.42 Å². The van der Waals surface area contributed by atoms with Gasteiger partial charge in [-0.15, -0.1) is 0 Å². The fourth-order valence-electron chi connectivity index (χ4n) is 2.22. The second kappa shape index (κ2) is 7.57. The molecule has 1 unspecified atom stereocenters. The molecule has 0 spiro atoms. The number of nitrogens with one attached hydrogen (secondary N) is 1. The van der Waals surface area contributed by atoms with Gasteiger partial charge < -0.3 is 10.4 Å². The van der Waals surface area contributed by atoms with Gasteiger partial charge in [0.25, 0.3) is 5.91 Å². The van der Waals surface area contributed by atoms with E-state index < -0.39 is 17.3 Å². The zero-order chi connectivity index (χ0) is 16.9. The molecule has 0 aliphatic heterocycles. The molecule has 0 aromatic heterocycles. The van der Waals surface area contributed by atoms with E-state index in [2.05, 4.69) is 5.32 Å². The van der Waals surface area contributed by atoms with E-state index >= 15 is 0 Å². The first kappa shape index (κ1) is 17.4. The van der Waals surface area contributed by atoms with E-state index in [-0.39, 0.29) is 17.1 Å². The Morgan fingerprint density at radius 3 is 2.57 bits per heavy atom. The highest BCUT2D eigenvalue weighted by atomic mass is 35.5. The molecule has 2 rings (SSSR count). The third kappa shape index (κ3) is 5.05. The van der Waals surface area contributed by atoms with Crippen LogP contribution in [0, 0.1) is 5.82 Å². The first-order chi connectivity index (χ1) is 10.9. The monoisotopic (exact) mass is 335 g/mol. The Bertz CT molecular complexity index is 654. The molecule has 1 amide bonds. The van der Waals surface area contributed by atoms with Gasteiger partial charge in [-0.05, 0) is 37.5 Å². The van der Waals surface area contributed by atoms with E-state index in [1.807, 2.05) is 30.3 Å². The quantitative estimate of drug-likeness (QED) is 0.847. The van der Waals surface area contributed by atoms with E-state index in [9.17, 15) is 14.3 Å². The van der Waals surface area contributed by atoms with Crippen LogP contribution in [-0.4, -0.2) is 23.2 Å². The van der Waals surface area contributed by atoms with Crippen molar-refractivity contribution in [2.45, 2.75) is 25.4 Å². The van der Waals surface area contributed by atoms with Crippen molar-refractivity contribution in [1.82, 2.24) is 5.32 Å². The van der Waals surface area contributed by atoms with Gasteiger partial charge in [-0.3, -0.25) is 4.79 Å². The number of benzene rings is 2. The lowest BCUT2D eigenvalue weighted by Gasteiger charge is -2.24. The van der Waals surface area contributed by atoms with E-state index in [1.54, 1.807) is 6.92 Å². The minimum Gasteiger partial charge on any atom is -0.388 e. The zero-order valence-corrected chi connectivity index (χ0v) is 13.6. The van der Waals surface area contributed by atoms with Crippen LogP contribution in [0.1, 0.15) is 29.3 Å². The van der Waals surface area contributed by atoms with Crippen molar-refractivity contribution < 1.29 is 14.3 Å². The number of aryl methyl sites for hydroxylation is 1. The summed E-state index contributed by atoms with van der Waals surface area (Å²) in [6, 6.07) is 13.8. The molecule has 1 atom stereocenters. The summed E-state index contributed by atoms with van der Waals surface area (Å²) >= 11 is 5.85. The van der Waals surface area contributed by atoms with Crippen LogP contribution < -0.4 is 5.32 Å². The van der Waals surface area contributed by atoms with Crippen LogP contribution in [0.25, 0.3) is 0 Å². The Morgan fingerprint density at radius 1 is 1.22 bits per heavy atom. The van der Waals surface area contributed by atoms with Gasteiger partial charge in [-0.1, -0.05) is 48.0 Å². The van der Waals surface area contributed by atoms with Crippen molar-refractivity contribution in [3.63, 3.8) is 0 Å².